The van der Waals surface area contributed by atoms with Crippen LogP contribution in [-0.4, -0.2) is 40.6 Å². The van der Waals surface area contributed by atoms with Gasteiger partial charge in [-0.3, -0.25) is 0 Å². The molecule has 0 aromatic heterocycles. The van der Waals surface area contributed by atoms with Crippen molar-refractivity contribution in [2.24, 2.45) is 0 Å². The predicted octanol–water partition coefficient (Wildman–Crippen LogP) is 3.44. The zero-order valence-corrected chi connectivity index (χ0v) is 10.5. The van der Waals surface area contributed by atoms with Gasteiger partial charge in [-0.15, -0.1) is 0 Å². The molecule has 0 atom stereocenters. The summed E-state index contributed by atoms with van der Waals surface area (Å²) in [6, 6.07) is 12.2. The third-order valence-corrected chi connectivity index (χ3v) is 3.10. The van der Waals surface area contributed by atoms with Crippen LogP contribution in [0, 0.1) is 6.92 Å². The number of rotatable bonds is 3. The number of carbonyl (C=O) groups is 1. The summed E-state index contributed by atoms with van der Waals surface area (Å²) in [6.45, 7) is 1.88. The number of anilines is 2. The van der Waals surface area contributed by atoms with E-state index in [-0.39, 0.29) is 35.1 Å². The van der Waals surface area contributed by atoms with Gasteiger partial charge in [-0.1, -0.05) is 29.8 Å². The zero-order chi connectivity index (χ0) is 13.1. The molecule has 0 saturated carbocycles. The molecule has 0 unspecified atom stereocenters. The van der Waals surface area contributed by atoms with Crippen molar-refractivity contribution in [1.82, 2.24) is 0 Å². The van der Waals surface area contributed by atoms with Gasteiger partial charge < -0.3 is 10.4 Å². The molecule has 0 saturated heterocycles. The van der Waals surface area contributed by atoms with Crippen LogP contribution >= 0.6 is 11.6 Å². The number of hydrogen-bond donors (Lipinski definition) is 2. The Hall–Kier alpha value is -1.000. The summed E-state index contributed by atoms with van der Waals surface area (Å²) in [5.41, 5.74) is 2.47. The van der Waals surface area contributed by atoms with Crippen molar-refractivity contribution in [1.29, 1.82) is 0 Å². The standard InChI is InChI=1S/C14H12ClNO2.Na.H/c1-9-11(15)6-4-8-12(9)16-13-7-3-2-5-10(13)14(17)18;;/h2-8,16H,1H3,(H,17,18);;. The average molecular weight is 286 g/mol. The maximum atomic E-state index is 11.1. The Labute approximate surface area is 138 Å². The number of carboxylic acids is 1. The first kappa shape index (κ1) is 16.1. The number of para-hydroxylation sites is 1. The van der Waals surface area contributed by atoms with Gasteiger partial charge in [0.2, 0.25) is 0 Å². The van der Waals surface area contributed by atoms with E-state index >= 15 is 0 Å². The van der Waals surface area contributed by atoms with E-state index in [0.717, 1.165) is 11.3 Å². The second-order valence-electron chi connectivity index (χ2n) is 3.89. The van der Waals surface area contributed by atoms with E-state index < -0.39 is 5.97 Å². The topological polar surface area (TPSA) is 49.3 Å². The van der Waals surface area contributed by atoms with Crippen molar-refractivity contribution in [2.75, 3.05) is 5.32 Å². The molecule has 2 aromatic carbocycles. The molecular weight excluding hydrogens is 273 g/mol. The van der Waals surface area contributed by atoms with Crippen LogP contribution in [0.1, 0.15) is 15.9 Å². The van der Waals surface area contributed by atoms with E-state index in [1.807, 2.05) is 19.1 Å². The fourth-order valence-corrected chi connectivity index (χ4v) is 1.84. The van der Waals surface area contributed by atoms with Gasteiger partial charge in [0.05, 0.1) is 11.3 Å². The molecule has 2 N–H and O–H groups in total. The van der Waals surface area contributed by atoms with Crippen LogP contribution in [0.25, 0.3) is 0 Å². The van der Waals surface area contributed by atoms with Crippen molar-refractivity contribution < 1.29 is 9.90 Å². The number of benzene rings is 2. The van der Waals surface area contributed by atoms with E-state index in [1.165, 1.54) is 0 Å². The number of halogens is 1. The van der Waals surface area contributed by atoms with Gasteiger partial charge in [-0.05, 0) is 36.8 Å². The minimum atomic E-state index is -0.960. The minimum absolute atomic E-state index is 0. The Morgan fingerprint density at radius 3 is 2.42 bits per heavy atom. The summed E-state index contributed by atoms with van der Waals surface area (Å²) in [5.74, 6) is -0.960. The molecule has 0 amide bonds. The Morgan fingerprint density at radius 2 is 1.74 bits per heavy atom. The third kappa shape index (κ3) is 3.74. The molecule has 3 nitrogen and oxygen atoms in total. The van der Waals surface area contributed by atoms with E-state index in [2.05, 4.69) is 5.32 Å². The molecule has 2 aromatic rings. The predicted molar refractivity (Wildman–Crippen MR) is 80.0 cm³/mol. The van der Waals surface area contributed by atoms with Gasteiger partial charge in [-0.25, -0.2) is 4.79 Å². The third-order valence-electron chi connectivity index (χ3n) is 2.69. The molecule has 0 aliphatic rings. The fraction of sp³-hybridized carbons (Fsp3) is 0.0714. The van der Waals surface area contributed by atoms with Crippen molar-refractivity contribution in [3.63, 3.8) is 0 Å². The molecule has 0 radical (unpaired) electrons. The summed E-state index contributed by atoms with van der Waals surface area (Å²) in [5, 5.41) is 12.8. The second kappa shape index (κ2) is 6.96. The van der Waals surface area contributed by atoms with Crippen LogP contribution in [0.3, 0.4) is 0 Å². The number of carboxylic acid groups (broad SMARTS) is 1. The first-order chi connectivity index (χ1) is 8.59. The molecule has 5 heteroatoms. The molecule has 0 bridgehead atoms. The van der Waals surface area contributed by atoms with Gasteiger partial charge in [0.15, 0.2) is 0 Å². The molecule has 2 rings (SSSR count). The Kier molecular flexibility index (Phi) is 5.88. The molecule has 0 fully saturated rings. The van der Waals surface area contributed by atoms with Crippen molar-refractivity contribution in [3.05, 3.63) is 58.6 Å². The van der Waals surface area contributed by atoms with Crippen LogP contribution in [0.4, 0.5) is 11.4 Å². The van der Waals surface area contributed by atoms with Crippen LogP contribution in [0.2, 0.25) is 5.02 Å². The number of nitrogens with one attached hydrogen (secondary N) is 1. The normalized spacial score (nSPS) is 9.58. The van der Waals surface area contributed by atoms with E-state index in [9.17, 15) is 4.79 Å². The average Bonchev–Trinajstić information content (AvgIpc) is 2.35. The van der Waals surface area contributed by atoms with Gasteiger partial charge in [0, 0.05) is 10.7 Å². The van der Waals surface area contributed by atoms with Crippen LogP contribution < -0.4 is 5.32 Å². The Balaban J connectivity index is 0.00000180. The summed E-state index contributed by atoms with van der Waals surface area (Å²) < 4.78 is 0. The van der Waals surface area contributed by atoms with E-state index in [0.29, 0.717) is 10.7 Å². The molecule has 0 heterocycles. The Bertz CT molecular complexity index is 602. The van der Waals surface area contributed by atoms with Gasteiger partial charge in [0.25, 0.3) is 0 Å². The number of hydrogen-bond acceptors (Lipinski definition) is 2. The van der Waals surface area contributed by atoms with Crippen molar-refractivity contribution in [3.8, 4) is 0 Å². The van der Waals surface area contributed by atoms with Gasteiger partial charge >= 0.3 is 35.5 Å². The van der Waals surface area contributed by atoms with Crippen LogP contribution in [0.5, 0.6) is 0 Å². The molecular formula is C14H13ClNNaO2. The molecule has 0 spiro atoms. The van der Waals surface area contributed by atoms with Crippen LogP contribution in [-0.2, 0) is 0 Å². The Morgan fingerprint density at radius 1 is 1.11 bits per heavy atom. The summed E-state index contributed by atoms with van der Waals surface area (Å²) in [4.78, 5) is 11.1. The van der Waals surface area contributed by atoms with Gasteiger partial charge in [-0.2, -0.15) is 0 Å². The monoisotopic (exact) mass is 285 g/mol. The van der Waals surface area contributed by atoms with Crippen LogP contribution in [0.15, 0.2) is 42.5 Å². The van der Waals surface area contributed by atoms with Crippen molar-refractivity contribution in [2.45, 2.75) is 6.92 Å². The van der Waals surface area contributed by atoms with Gasteiger partial charge in [0.1, 0.15) is 0 Å². The first-order valence-electron chi connectivity index (χ1n) is 5.44. The second-order valence-corrected chi connectivity index (χ2v) is 4.30. The zero-order valence-electron chi connectivity index (χ0n) is 9.77. The van der Waals surface area contributed by atoms with Crippen molar-refractivity contribution >= 4 is 58.5 Å². The number of aromatic carboxylic acids is 1. The quantitative estimate of drug-likeness (QED) is 0.849. The molecule has 0 aliphatic carbocycles. The SMILES string of the molecule is Cc1c(Cl)cccc1Nc1ccccc1C(=O)O.[NaH]. The first-order valence-corrected chi connectivity index (χ1v) is 5.82. The summed E-state index contributed by atoms with van der Waals surface area (Å²) >= 11 is 6.03. The van der Waals surface area contributed by atoms with E-state index in [4.69, 9.17) is 16.7 Å². The molecule has 0 aliphatic heterocycles. The fourth-order valence-electron chi connectivity index (χ4n) is 1.67. The molecule has 94 valence electrons. The summed E-state index contributed by atoms with van der Waals surface area (Å²) in [7, 11) is 0. The molecule has 19 heavy (non-hydrogen) atoms. The summed E-state index contributed by atoms with van der Waals surface area (Å²) in [6.07, 6.45) is 0. The maximum absolute atomic E-state index is 11.1. The van der Waals surface area contributed by atoms with E-state index in [1.54, 1.807) is 30.3 Å².